The molecule has 5 nitrogen and oxygen atoms in total. The number of fused-ring (bicyclic) bond motifs is 1. The van der Waals surface area contributed by atoms with Crippen LogP contribution in [-0.2, 0) is 4.79 Å². The summed E-state index contributed by atoms with van der Waals surface area (Å²) in [7, 11) is 3.97. The van der Waals surface area contributed by atoms with Crippen LogP contribution in [0.2, 0.25) is 0 Å². The van der Waals surface area contributed by atoms with E-state index in [1.54, 1.807) is 18.2 Å². The van der Waals surface area contributed by atoms with Gasteiger partial charge in [0.1, 0.15) is 11.5 Å². The molecular weight excluding hydrogens is 340 g/mol. The van der Waals surface area contributed by atoms with Crippen molar-refractivity contribution in [2.45, 2.75) is 0 Å². The summed E-state index contributed by atoms with van der Waals surface area (Å²) in [5.74, 6) is -0.739. The molecule has 5 heteroatoms. The number of hydrogen-bond donors (Lipinski definition) is 1. The molecule has 0 unspecified atom stereocenters. The van der Waals surface area contributed by atoms with Crippen molar-refractivity contribution in [3.63, 3.8) is 0 Å². The van der Waals surface area contributed by atoms with E-state index in [1.165, 1.54) is 0 Å². The Labute approximate surface area is 157 Å². The summed E-state index contributed by atoms with van der Waals surface area (Å²) in [6.45, 7) is 7.12. The van der Waals surface area contributed by atoms with Crippen molar-refractivity contribution < 1.29 is 14.6 Å². The number of anilines is 1. The van der Waals surface area contributed by atoms with Crippen molar-refractivity contribution in [3.8, 4) is 5.75 Å². The first-order valence-electron chi connectivity index (χ1n) is 8.29. The largest absolute Gasteiger partial charge is 0.486 e. The molecule has 134 valence electrons. The van der Waals surface area contributed by atoms with Gasteiger partial charge in [0.05, 0.1) is 6.57 Å². The smallest absolute Gasteiger partial charge is 0.337 e. The minimum Gasteiger partial charge on any atom is -0.486 e. The normalized spacial score (nSPS) is 14.6. The number of carboxylic acids is 1. The van der Waals surface area contributed by atoms with Gasteiger partial charge in [-0.25, -0.2) is 4.85 Å². The maximum Gasteiger partial charge on any atom is 0.337 e. The van der Waals surface area contributed by atoms with E-state index in [1.807, 2.05) is 67.5 Å². The molecule has 0 radical (unpaired) electrons. The van der Waals surface area contributed by atoms with Gasteiger partial charge in [-0.3, -0.25) is 4.79 Å². The molecule has 1 N–H and O–H groups in total. The van der Waals surface area contributed by atoms with Crippen LogP contribution in [0.4, 0.5) is 5.69 Å². The van der Waals surface area contributed by atoms with Crippen LogP contribution in [-0.4, -0.2) is 25.2 Å². The zero-order valence-electron chi connectivity index (χ0n) is 15.0. The molecule has 2 aromatic carbocycles. The predicted molar refractivity (Wildman–Crippen MR) is 106 cm³/mol. The van der Waals surface area contributed by atoms with Crippen molar-refractivity contribution in [2.75, 3.05) is 19.0 Å². The highest BCUT2D eigenvalue weighted by atomic mass is 16.5. The summed E-state index contributed by atoms with van der Waals surface area (Å²) >= 11 is 0. The average molecular weight is 358 g/mol. The lowest BCUT2D eigenvalue weighted by molar-refractivity contribution is -0.132. The fraction of sp³-hybridized carbons (Fsp3) is 0.0909. The van der Waals surface area contributed by atoms with Crippen molar-refractivity contribution in [1.29, 1.82) is 0 Å². The number of para-hydroxylation sites is 1. The van der Waals surface area contributed by atoms with E-state index in [-0.39, 0.29) is 5.76 Å². The molecule has 1 aliphatic rings. The van der Waals surface area contributed by atoms with Crippen LogP contribution in [0.15, 0.2) is 72.1 Å². The Morgan fingerprint density at radius 1 is 1.11 bits per heavy atom. The molecule has 1 heterocycles. The number of nitrogens with zero attached hydrogens (tertiary/aromatic N) is 2. The van der Waals surface area contributed by atoms with Crippen LogP contribution < -0.4 is 9.64 Å². The van der Waals surface area contributed by atoms with E-state index in [0.29, 0.717) is 5.75 Å². The van der Waals surface area contributed by atoms with Gasteiger partial charge in [0.2, 0.25) is 0 Å². The van der Waals surface area contributed by atoms with Gasteiger partial charge in [-0.15, -0.1) is 0 Å². The van der Waals surface area contributed by atoms with Gasteiger partial charge in [-0.05, 0) is 35.4 Å². The van der Waals surface area contributed by atoms with Gasteiger partial charge in [0.15, 0.2) is 0 Å². The van der Waals surface area contributed by atoms with Gasteiger partial charge in [-0.1, -0.05) is 42.5 Å². The number of hydrogen-bond acceptors (Lipinski definition) is 3. The second-order valence-corrected chi connectivity index (χ2v) is 6.15. The molecule has 2 aromatic rings. The Bertz CT molecular complexity index is 1010. The van der Waals surface area contributed by atoms with Crippen LogP contribution in [0.1, 0.15) is 11.1 Å². The molecular formula is C22H18N2O3. The highest BCUT2D eigenvalue weighted by Gasteiger charge is 2.21. The topological polar surface area (TPSA) is 54.1 Å². The summed E-state index contributed by atoms with van der Waals surface area (Å²) < 4.78 is 5.64. The minimum absolute atomic E-state index is 0.0406. The molecule has 0 spiro atoms. The summed E-state index contributed by atoms with van der Waals surface area (Å²) in [6.07, 6.45) is 5.44. The Kier molecular flexibility index (Phi) is 5.09. The molecule has 0 atom stereocenters. The number of carbonyl (C=O) groups is 1. The average Bonchev–Trinajstić information content (AvgIpc) is 2.66. The number of aliphatic carboxylic acids is 1. The molecule has 0 bridgehead atoms. The van der Waals surface area contributed by atoms with Gasteiger partial charge in [0.25, 0.3) is 0 Å². The number of benzene rings is 2. The first kappa shape index (κ1) is 18.0. The molecule has 1 aliphatic heterocycles. The second kappa shape index (κ2) is 7.63. The fourth-order valence-corrected chi connectivity index (χ4v) is 2.69. The van der Waals surface area contributed by atoms with E-state index in [9.17, 15) is 9.90 Å². The van der Waals surface area contributed by atoms with E-state index >= 15 is 0 Å². The molecule has 0 saturated heterocycles. The summed E-state index contributed by atoms with van der Waals surface area (Å²) in [4.78, 5) is 16.4. The third kappa shape index (κ3) is 3.91. The van der Waals surface area contributed by atoms with Crippen LogP contribution in [0.5, 0.6) is 5.75 Å². The molecule has 0 aliphatic carbocycles. The van der Waals surface area contributed by atoms with Crippen LogP contribution in [0.3, 0.4) is 0 Å². The minimum atomic E-state index is -1.31. The number of ether oxygens (including phenoxy) is 1. The number of carboxylic acid groups (broad SMARTS) is 1. The summed E-state index contributed by atoms with van der Waals surface area (Å²) in [5.41, 5.74) is 3.31. The lowest BCUT2D eigenvalue weighted by Crippen LogP contribution is -2.09. The van der Waals surface area contributed by atoms with Gasteiger partial charge in [0, 0.05) is 25.3 Å². The Balaban J connectivity index is 2.01. The van der Waals surface area contributed by atoms with Gasteiger partial charge >= 0.3 is 11.7 Å². The molecule has 0 aromatic heterocycles. The van der Waals surface area contributed by atoms with Crippen molar-refractivity contribution in [3.05, 3.63) is 94.7 Å². The Hall–Kier alpha value is -3.78. The number of rotatable bonds is 4. The molecule has 27 heavy (non-hydrogen) atoms. The van der Waals surface area contributed by atoms with Gasteiger partial charge in [-0.2, -0.15) is 0 Å². The summed E-state index contributed by atoms with van der Waals surface area (Å²) in [6, 6.07) is 15.4. The SMILES string of the molecule is [C-]#[N+]C(C(=O)O)=C1C=C(C=Cc2ccc(N(C)C)cc2)c2ccccc2O1. The van der Waals surface area contributed by atoms with Crippen LogP contribution in [0, 0.1) is 6.57 Å². The maximum atomic E-state index is 11.3. The predicted octanol–water partition coefficient (Wildman–Crippen LogP) is 4.46. The fourth-order valence-electron chi connectivity index (χ4n) is 2.69. The van der Waals surface area contributed by atoms with Crippen LogP contribution >= 0.6 is 0 Å². The third-order valence-corrected chi connectivity index (χ3v) is 4.12. The zero-order valence-corrected chi connectivity index (χ0v) is 15.0. The van der Waals surface area contributed by atoms with Crippen molar-refractivity contribution >= 4 is 23.3 Å². The maximum absolute atomic E-state index is 11.3. The van der Waals surface area contributed by atoms with E-state index in [2.05, 4.69) is 4.85 Å². The molecule has 0 amide bonds. The molecule has 3 rings (SSSR count). The first-order chi connectivity index (χ1) is 13.0. The quantitative estimate of drug-likeness (QED) is 0.648. The lowest BCUT2D eigenvalue weighted by Gasteiger charge is -2.19. The molecule has 0 saturated carbocycles. The summed E-state index contributed by atoms with van der Waals surface area (Å²) in [5, 5.41) is 9.24. The lowest BCUT2D eigenvalue weighted by atomic mass is 10.00. The standard InChI is InChI=1S/C22H18N2O3/c1-23-21(22(25)26)20-14-16(18-6-4-5-7-19(18)27-20)11-8-15-9-12-17(13-10-15)24(2)3/h4-14H,2-3H3,(H,25,26). The Morgan fingerprint density at radius 2 is 1.81 bits per heavy atom. The number of allylic oxidation sites excluding steroid dienone is 3. The van der Waals surface area contributed by atoms with E-state index < -0.39 is 11.7 Å². The monoisotopic (exact) mass is 358 g/mol. The van der Waals surface area contributed by atoms with E-state index in [4.69, 9.17) is 11.3 Å². The van der Waals surface area contributed by atoms with Crippen molar-refractivity contribution in [2.24, 2.45) is 0 Å². The molecule has 0 fully saturated rings. The van der Waals surface area contributed by atoms with Gasteiger partial charge < -0.3 is 14.7 Å². The highest BCUT2D eigenvalue weighted by molar-refractivity contribution is 5.92. The van der Waals surface area contributed by atoms with E-state index in [0.717, 1.165) is 22.4 Å². The highest BCUT2D eigenvalue weighted by Crippen LogP contribution is 2.35. The first-order valence-corrected chi connectivity index (χ1v) is 8.29. The third-order valence-electron chi connectivity index (χ3n) is 4.12. The second-order valence-electron chi connectivity index (χ2n) is 6.15. The van der Waals surface area contributed by atoms with Crippen LogP contribution in [0.25, 0.3) is 16.5 Å². The zero-order chi connectivity index (χ0) is 19.4. The van der Waals surface area contributed by atoms with Crippen molar-refractivity contribution in [1.82, 2.24) is 0 Å². The Morgan fingerprint density at radius 3 is 2.44 bits per heavy atom.